The number of aromatic amines is 1. The van der Waals surface area contributed by atoms with Crippen LogP contribution >= 0.6 is 0 Å². The maximum atomic E-state index is 12.7. The van der Waals surface area contributed by atoms with Gasteiger partial charge < -0.3 is 15.4 Å². The van der Waals surface area contributed by atoms with Crippen molar-refractivity contribution in [1.82, 2.24) is 15.5 Å². The van der Waals surface area contributed by atoms with Gasteiger partial charge in [0.15, 0.2) is 5.82 Å². The molecule has 0 radical (unpaired) electrons. The van der Waals surface area contributed by atoms with Crippen LogP contribution in [-0.2, 0) is 15.7 Å². The number of anilines is 1. The van der Waals surface area contributed by atoms with Gasteiger partial charge in [-0.2, -0.15) is 23.3 Å². The molecule has 1 aliphatic rings. The quantitative estimate of drug-likeness (QED) is 0.513. The third-order valence-electron chi connectivity index (χ3n) is 4.35. The summed E-state index contributed by atoms with van der Waals surface area (Å²) >= 11 is 0. The Morgan fingerprint density at radius 3 is 2.70 bits per heavy atom. The number of hydrogen-bond acceptors (Lipinski definition) is 3. The van der Waals surface area contributed by atoms with Crippen LogP contribution in [0.15, 0.2) is 11.1 Å². The van der Waals surface area contributed by atoms with E-state index in [4.69, 9.17) is 4.74 Å². The van der Waals surface area contributed by atoms with E-state index in [-0.39, 0.29) is 23.7 Å². The number of ether oxygens (including phenoxy) is 1. The zero-order valence-corrected chi connectivity index (χ0v) is 15.5. The fourth-order valence-electron chi connectivity index (χ4n) is 3.08. The summed E-state index contributed by atoms with van der Waals surface area (Å²) in [5.74, 6) is -0.0211. The topological polar surface area (TPSA) is 91.4 Å². The first-order valence-corrected chi connectivity index (χ1v) is 9.04. The summed E-state index contributed by atoms with van der Waals surface area (Å²) in [6.07, 6.45) is 1.24. The summed E-state index contributed by atoms with van der Waals surface area (Å²) < 4.78 is 43.1. The molecule has 1 atom stereocenters. The van der Waals surface area contributed by atoms with Crippen LogP contribution in [0.3, 0.4) is 0 Å². The number of alkyl halides is 3. The first kappa shape index (κ1) is 21.2. The lowest BCUT2D eigenvalue weighted by molar-refractivity contribution is -0.141. The highest BCUT2D eigenvalue weighted by atomic mass is 19.4. The van der Waals surface area contributed by atoms with E-state index in [0.717, 1.165) is 31.7 Å². The Kier molecular flexibility index (Phi) is 7.64. The van der Waals surface area contributed by atoms with Crippen molar-refractivity contribution < 1.29 is 22.7 Å². The van der Waals surface area contributed by atoms with Crippen LogP contribution in [0, 0.1) is 5.92 Å². The second-order valence-corrected chi connectivity index (χ2v) is 6.85. The van der Waals surface area contributed by atoms with Crippen molar-refractivity contribution in [2.24, 2.45) is 10.9 Å². The summed E-state index contributed by atoms with van der Waals surface area (Å²) in [5, 5.41) is 11.1. The number of H-pyrrole nitrogens is 1. The second kappa shape index (κ2) is 9.72. The molecule has 1 aliphatic carbocycles. The van der Waals surface area contributed by atoms with Crippen LogP contribution < -0.4 is 10.6 Å². The number of carbonyl (C=O) groups excluding carboxylic acids is 1. The van der Waals surface area contributed by atoms with Crippen molar-refractivity contribution in [3.8, 4) is 0 Å². The average molecular weight is 389 g/mol. The molecule has 27 heavy (non-hydrogen) atoms. The van der Waals surface area contributed by atoms with Gasteiger partial charge in [0, 0.05) is 25.6 Å². The third-order valence-corrected chi connectivity index (χ3v) is 4.35. The molecular weight excluding hydrogens is 363 g/mol. The van der Waals surface area contributed by atoms with Gasteiger partial charge >= 0.3 is 6.18 Å². The lowest BCUT2D eigenvalue weighted by atomic mass is 9.87. The fourth-order valence-corrected chi connectivity index (χ4v) is 3.08. The van der Waals surface area contributed by atoms with Crippen LogP contribution in [0.2, 0.25) is 0 Å². The molecular formula is C17H26F3N5O2. The Hall–Kier alpha value is -2.10. The number of guanidine groups is 1. The molecule has 1 aromatic rings. The third kappa shape index (κ3) is 7.20. The summed E-state index contributed by atoms with van der Waals surface area (Å²) in [5.41, 5.74) is -0.983. The van der Waals surface area contributed by atoms with Gasteiger partial charge in [-0.1, -0.05) is 19.3 Å². The molecule has 1 unspecified atom stereocenters. The molecule has 1 saturated carbocycles. The van der Waals surface area contributed by atoms with Gasteiger partial charge in [0.25, 0.3) is 0 Å². The van der Waals surface area contributed by atoms with Crippen LogP contribution in [0.1, 0.15) is 51.1 Å². The molecule has 2 rings (SSSR count). The van der Waals surface area contributed by atoms with E-state index in [1.807, 2.05) is 5.10 Å². The predicted molar refractivity (Wildman–Crippen MR) is 95.3 cm³/mol. The highest BCUT2D eigenvalue weighted by Crippen LogP contribution is 2.29. The Balaban J connectivity index is 2.07. The minimum Gasteiger partial charge on any atom is -0.383 e. The van der Waals surface area contributed by atoms with Crippen molar-refractivity contribution in [1.29, 1.82) is 0 Å². The lowest BCUT2D eigenvalue weighted by Gasteiger charge is -2.20. The minimum absolute atomic E-state index is 0.0561. The molecule has 7 nitrogen and oxygen atoms in total. The van der Waals surface area contributed by atoms with Gasteiger partial charge in [-0.15, -0.1) is 0 Å². The molecule has 3 N–H and O–H groups in total. The Morgan fingerprint density at radius 1 is 1.41 bits per heavy atom. The Bertz CT molecular complexity index is 639. The molecule has 1 heterocycles. The van der Waals surface area contributed by atoms with E-state index in [0.29, 0.717) is 18.9 Å². The number of rotatable bonds is 6. The number of aliphatic imine (C=N–C) groups is 1. The normalized spacial score (nSPS) is 17.6. The van der Waals surface area contributed by atoms with Gasteiger partial charge in [-0.05, 0) is 25.7 Å². The van der Waals surface area contributed by atoms with Gasteiger partial charge in [0.2, 0.25) is 11.9 Å². The molecule has 1 amide bonds. The molecule has 0 aliphatic heterocycles. The first-order chi connectivity index (χ1) is 12.8. The lowest BCUT2D eigenvalue weighted by Crippen LogP contribution is -2.40. The van der Waals surface area contributed by atoms with Crippen LogP contribution in [0.25, 0.3) is 0 Å². The second-order valence-electron chi connectivity index (χ2n) is 6.85. The molecule has 0 bridgehead atoms. The molecule has 0 saturated heterocycles. The highest BCUT2D eigenvalue weighted by molar-refractivity contribution is 6.00. The van der Waals surface area contributed by atoms with E-state index in [9.17, 15) is 18.0 Å². The van der Waals surface area contributed by atoms with Gasteiger partial charge in [-0.3, -0.25) is 9.89 Å². The van der Waals surface area contributed by atoms with Crippen molar-refractivity contribution in [3.63, 3.8) is 0 Å². The molecule has 152 valence electrons. The van der Waals surface area contributed by atoms with E-state index in [1.54, 1.807) is 6.92 Å². The van der Waals surface area contributed by atoms with Crippen LogP contribution in [0.4, 0.5) is 19.0 Å². The summed E-state index contributed by atoms with van der Waals surface area (Å²) in [7, 11) is 1.53. The molecule has 10 heteroatoms. The zero-order valence-electron chi connectivity index (χ0n) is 15.5. The standard InChI is InChI=1S/C17H26F3N5O2/c1-11(10-27-2)21-16(22-14-9-13(24-25-14)17(18,19)20)23-15(26)8-12-6-4-3-5-7-12/h9,11-12H,3-8,10H2,1-2H3,(H3,21,22,23,24,25,26). The molecule has 0 aromatic carbocycles. The van der Waals surface area contributed by atoms with E-state index < -0.39 is 11.9 Å². The number of aromatic nitrogens is 2. The van der Waals surface area contributed by atoms with Crippen LogP contribution in [-0.4, -0.2) is 41.8 Å². The zero-order chi connectivity index (χ0) is 19.9. The largest absolute Gasteiger partial charge is 0.432 e. The molecule has 1 aromatic heterocycles. The Labute approximate surface area is 156 Å². The van der Waals surface area contributed by atoms with Gasteiger partial charge in [0.05, 0.1) is 6.61 Å². The maximum Gasteiger partial charge on any atom is 0.432 e. The van der Waals surface area contributed by atoms with Crippen molar-refractivity contribution >= 4 is 17.7 Å². The van der Waals surface area contributed by atoms with Crippen LogP contribution in [0.5, 0.6) is 0 Å². The average Bonchev–Trinajstić information content (AvgIpc) is 3.04. The number of amides is 1. The number of carbonyl (C=O) groups is 1. The van der Waals surface area contributed by atoms with E-state index >= 15 is 0 Å². The smallest absolute Gasteiger partial charge is 0.383 e. The monoisotopic (exact) mass is 389 g/mol. The molecule has 1 fully saturated rings. The van der Waals surface area contributed by atoms with Crippen molar-refractivity contribution in [3.05, 3.63) is 11.8 Å². The Morgan fingerprint density at radius 2 is 2.11 bits per heavy atom. The van der Waals surface area contributed by atoms with Crippen molar-refractivity contribution in [2.45, 2.75) is 57.7 Å². The van der Waals surface area contributed by atoms with Gasteiger partial charge in [0.1, 0.15) is 5.69 Å². The first-order valence-electron chi connectivity index (χ1n) is 9.04. The number of hydrogen-bond donors (Lipinski definition) is 3. The van der Waals surface area contributed by atoms with E-state index in [2.05, 4.69) is 20.7 Å². The maximum absolute atomic E-state index is 12.7. The number of halogens is 3. The molecule has 0 spiro atoms. The fraction of sp³-hybridized carbons (Fsp3) is 0.706. The van der Waals surface area contributed by atoms with Crippen molar-refractivity contribution in [2.75, 3.05) is 19.0 Å². The number of methoxy groups -OCH3 is 1. The van der Waals surface area contributed by atoms with Gasteiger partial charge in [-0.25, -0.2) is 0 Å². The highest BCUT2D eigenvalue weighted by Gasteiger charge is 2.33. The van der Waals surface area contributed by atoms with E-state index in [1.165, 1.54) is 13.5 Å². The summed E-state index contributed by atoms with van der Waals surface area (Å²) in [6, 6.07) is 0.619. The SMILES string of the molecule is COCC(C)N/C(=N/C(=O)CC1CCCCC1)Nc1cc(C(F)(F)F)[nH]n1. The summed E-state index contributed by atoms with van der Waals surface area (Å²) in [6.45, 7) is 2.14. The minimum atomic E-state index is -4.53. The predicted octanol–water partition coefficient (Wildman–Crippen LogP) is 3.32. The summed E-state index contributed by atoms with van der Waals surface area (Å²) in [4.78, 5) is 16.3. The number of nitrogens with one attached hydrogen (secondary N) is 3. The number of nitrogens with zero attached hydrogens (tertiary/aromatic N) is 2.